The highest BCUT2D eigenvalue weighted by Gasteiger charge is 2.40. The van der Waals surface area contributed by atoms with Crippen LogP contribution in [0.5, 0.6) is 0 Å². The molecule has 0 saturated carbocycles. The predicted molar refractivity (Wildman–Crippen MR) is 93.1 cm³/mol. The van der Waals surface area contributed by atoms with Crippen molar-refractivity contribution in [2.45, 2.75) is 57.2 Å². The number of hydrogen-bond donors (Lipinski definition) is 1. The topological polar surface area (TPSA) is 53.4 Å². The highest BCUT2D eigenvalue weighted by molar-refractivity contribution is 5.93. The molecule has 1 N–H and O–H groups in total. The van der Waals surface area contributed by atoms with Gasteiger partial charge >= 0.3 is 0 Å². The van der Waals surface area contributed by atoms with Gasteiger partial charge in [-0.25, -0.2) is 0 Å². The molecule has 3 aliphatic heterocycles. The second-order valence-corrected chi connectivity index (χ2v) is 7.46. The van der Waals surface area contributed by atoms with E-state index in [-0.39, 0.29) is 5.91 Å². The minimum absolute atomic E-state index is 0.142. The zero-order valence-electron chi connectivity index (χ0n) is 14.7. The number of hydrogen-bond acceptors (Lipinski definition) is 4. The molecule has 0 aliphatic carbocycles. The smallest absolute Gasteiger partial charge is 0.274 e. The first-order chi connectivity index (χ1) is 11.8. The van der Waals surface area contributed by atoms with Crippen molar-refractivity contribution < 1.29 is 4.79 Å². The quantitative estimate of drug-likeness (QED) is 0.912. The van der Waals surface area contributed by atoms with Crippen molar-refractivity contribution in [3.8, 4) is 0 Å². The monoisotopic (exact) mass is 331 g/mol. The lowest BCUT2D eigenvalue weighted by Crippen LogP contribution is -2.43. The Balaban J connectivity index is 1.50. The largest absolute Gasteiger partial charge is 0.330 e. The molecule has 24 heavy (non-hydrogen) atoms. The lowest BCUT2D eigenvalue weighted by molar-refractivity contribution is 0.0663. The number of likely N-dealkylation sites (tertiary alicyclic amines) is 1. The van der Waals surface area contributed by atoms with Crippen LogP contribution in [-0.2, 0) is 0 Å². The summed E-state index contributed by atoms with van der Waals surface area (Å²) in [6, 6.07) is 3.07. The van der Waals surface area contributed by atoms with Crippen molar-refractivity contribution in [1.82, 2.24) is 24.9 Å². The maximum absolute atomic E-state index is 13.1. The SMILES string of the molecule is CCN1CCC2CCC(C1)N2C(=O)c1ccn(C2CCCNC2)n1. The van der Waals surface area contributed by atoms with Gasteiger partial charge in [0.25, 0.3) is 5.91 Å². The molecule has 3 unspecified atom stereocenters. The Hall–Kier alpha value is -1.40. The zero-order chi connectivity index (χ0) is 16.5. The molecule has 3 aliphatic rings. The van der Waals surface area contributed by atoms with Gasteiger partial charge in [0.05, 0.1) is 6.04 Å². The molecule has 3 fully saturated rings. The van der Waals surface area contributed by atoms with Crippen LogP contribution in [0.3, 0.4) is 0 Å². The van der Waals surface area contributed by atoms with Crippen LogP contribution in [0, 0.1) is 0 Å². The third kappa shape index (κ3) is 2.97. The van der Waals surface area contributed by atoms with Crippen LogP contribution in [0.25, 0.3) is 0 Å². The van der Waals surface area contributed by atoms with Crippen LogP contribution in [-0.4, -0.2) is 70.3 Å². The van der Waals surface area contributed by atoms with Crippen LogP contribution in [0.15, 0.2) is 12.3 Å². The molecule has 3 atom stereocenters. The van der Waals surface area contributed by atoms with E-state index >= 15 is 0 Å². The molecule has 1 aromatic rings. The number of amides is 1. The number of nitrogens with zero attached hydrogens (tertiary/aromatic N) is 4. The molecule has 4 rings (SSSR count). The molecule has 6 nitrogen and oxygen atoms in total. The average molecular weight is 331 g/mol. The van der Waals surface area contributed by atoms with Crippen molar-refractivity contribution >= 4 is 5.91 Å². The third-order valence-electron chi connectivity index (χ3n) is 6.02. The summed E-state index contributed by atoms with van der Waals surface area (Å²) in [5.41, 5.74) is 0.627. The van der Waals surface area contributed by atoms with Gasteiger partial charge in [0.2, 0.25) is 0 Å². The van der Waals surface area contributed by atoms with E-state index in [0.29, 0.717) is 23.8 Å². The van der Waals surface area contributed by atoms with Crippen LogP contribution in [0.2, 0.25) is 0 Å². The molecule has 6 heteroatoms. The highest BCUT2D eigenvalue weighted by atomic mass is 16.2. The minimum atomic E-state index is 0.142. The van der Waals surface area contributed by atoms with Gasteiger partial charge in [0.1, 0.15) is 5.69 Å². The maximum atomic E-state index is 13.1. The number of fused-ring (bicyclic) bond motifs is 2. The van der Waals surface area contributed by atoms with E-state index in [1.165, 1.54) is 6.42 Å². The molecule has 2 bridgehead atoms. The molecule has 1 amide bonds. The Morgan fingerprint density at radius 1 is 1.25 bits per heavy atom. The Bertz CT molecular complexity index is 580. The number of piperidine rings is 1. The van der Waals surface area contributed by atoms with E-state index < -0.39 is 0 Å². The van der Waals surface area contributed by atoms with Crippen molar-refractivity contribution in [3.05, 3.63) is 18.0 Å². The summed E-state index contributed by atoms with van der Waals surface area (Å²) in [6.45, 7) is 7.47. The molecule has 0 spiro atoms. The zero-order valence-corrected chi connectivity index (χ0v) is 14.7. The second-order valence-electron chi connectivity index (χ2n) is 7.46. The van der Waals surface area contributed by atoms with Crippen molar-refractivity contribution in [2.24, 2.45) is 0 Å². The first-order valence-electron chi connectivity index (χ1n) is 9.57. The van der Waals surface area contributed by atoms with Crippen molar-refractivity contribution in [1.29, 1.82) is 0 Å². The minimum Gasteiger partial charge on any atom is -0.330 e. The molecule has 1 aromatic heterocycles. The van der Waals surface area contributed by atoms with Gasteiger partial charge in [0.15, 0.2) is 0 Å². The summed E-state index contributed by atoms with van der Waals surface area (Å²) in [6.07, 6.45) is 7.70. The van der Waals surface area contributed by atoms with E-state index in [0.717, 1.165) is 58.4 Å². The Kier molecular flexibility index (Phi) is 4.59. The summed E-state index contributed by atoms with van der Waals surface area (Å²) >= 11 is 0. The van der Waals surface area contributed by atoms with Crippen molar-refractivity contribution in [3.63, 3.8) is 0 Å². The number of nitrogens with one attached hydrogen (secondary N) is 1. The molecule has 0 radical (unpaired) electrons. The number of rotatable bonds is 3. The first-order valence-corrected chi connectivity index (χ1v) is 9.57. The van der Waals surface area contributed by atoms with E-state index in [9.17, 15) is 4.79 Å². The average Bonchev–Trinajstić information content (AvgIpc) is 3.20. The van der Waals surface area contributed by atoms with E-state index in [1.54, 1.807) is 0 Å². The van der Waals surface area contributed by atoms with Crippen LogP contribution >= 0.6 is 0 Å². The highest BCUT2D eigenvalue weighted by Crippen LogP contribution is 2.31. The number of carbonyl (C=O) groups is 1. The number of carbonyl (C=O) groups excluding carboxylic acids is 1. The van der Waals surface area contributed by atoms with E-state index in [4.69, 9.17) is 0 Å². The molecule has 0 aromatic carbocycles. The van der Waals surface area contributed by atoms with Crippen LogP contribution in [0.1, 0.15) is 55.6 Å². The summed E-state index contributed by atoms with van der Waals surface area (Å²) in [5.74, 6) is 0.142. The number of aromatic nitrogens is 2. The second kappa shape index (κ2) is 6.84. The molecular weight excluding hydrogens is 302 g/mol. The van der Waals surface area contributed by atoms with Gasteiger partial charge in [-0.15, -0.1) is 0 Å². The van der Waals surface area contributed by atoms with E-state index in [2.05, 4.69) is 27.1 Å². The Morgan fingerprint density at radius 3 is 2.92 bits per heavy atom. The molecular formula is C18H29N5O. The maximum Gasteiger partial charge on any atom is 0.274 e. The summed E-state index contributed by atoms with van der Waals surface area (Å²) in [4.78, 5) is 17.8. The fourth-order valence-corrected chi connectivity index (χ4v) is 4.61. The van der Waals surface area contributed by atoms with Crippen LogP contribution in [0.4, 0.5) is 0 Å². The van der Waals surface area contributed by atoms with Crippen LogP contribution < -0.4 is 5.32 Å². The van der Waals surface area contributed by atoms with Gasteiger partial charge in [-0.2, -0.15) is 5.10 Å². The Morgan fingerprint density at radius 2 is 2.12 bits per heavy atom. The van der Waals surface area contributed by atoms with Gasteiger partial charge in [-0.1, -0.05) is 6.92 Å². The molecule has 132 valence electrons. The summed E-state index contributed by atoms with van der Waals surface area (Å²) < 4.78 is 2.00. The van der Waals surface area contributed by atoms with Gasteiger partial charge in [-0.05, 0) is 51.3 Å². The normalized spacial score (nSPS) is 31.2. The van der Waals surface area contributed by atoms with E-state index in [1.807, 2.05) is 16.9 Å². The lowest BCUT2D eigenvalue weighted by Gasteiger charge is -2.28. The van der Waals surface area contributed by atoms with Gasteiger partial charge in [0, 0.05) is 37.9 Å². The Labute approximate surface area is 144 Å². The lowest BCUT2D eigenvalue weighted by atomic mass is 10.1. The van der Waals surface area contributed by atoms with Crippen molar-refractivity contribution in [2.75, 3.05) is 32.7 Å². The van der Waals surface area contributed by atoms with Gasteiger partial charge in [-0.3, -0.25) is 9.48 Å². The molecule has 3 saturated heterocycles. The summed E-state index contributed by atoms with van der Waals surface area (Å²) in [5, 5.41) is 8.06. The fraction of sp³-hybridized carbons (Fsp3) is 0.778. The fourth-order valence-electron chi connectivity index (χ4n) is 4.61. The standard InChI is InChI=1S/C18H29N5O/c1-2-21-10-7-14-5-6-16(13-21)23(14)18(24)17-8-11-22(20-17)15-4-3-9-19-12-15/h8,11,14-16,19H,2-7,9-10,12-13H2,1H3. The third-order valence-corrected chi connectivity index (χ3v) is 6.02. The van der Waals surface area contributed by atoms with Gasteiger partial charge < -0.3 is 15.1 Å². The molecule has 4 heterocycles. The first kappa shape index (κ1) is 16.1. The number of likely N-dealkylation sites (N-methyl/N-ethyl adjacent to an activating group) is 1. The predicted octanol–water partition coefficient (Wildman–Crippen LogP) is 1.51. The summed E-state index contributed by atoms with van der Waals surface area (Å²) in [7, 11) is 0.